The van der Waals surface area contributed by atoms with Crippen molar-refractivity contribution in [2.75, 3.05) is 26.2 Å². The van der Waals surface area contributed by atoms with Crippen LogP contribution in [0.15, 0.2) is 47.4 Å². The highest BCUT2D eigenvalue weighted by Crippen LogP contribution is 2.26. The van der Waals surface area contributed by atoms with E-state index in [-0.39, 0.29) is 23.9 Å². The summed E-state index contributed by atoms with van der Waals surface area (Å²) >= 11 is 0.994. The molecule has 164 valence electrons. The van der Waals surface area contributed by atoms with Gasteiger partial charge in [-0.25, -0.2) is 8.42 Å². The Kier molecular flexibility index (Phi) is 5.15. The number of nitrogens with zero attached hydrogens (tertiary/aromatic N) is 5. The summed E-state index contributed by atoms with van der Waals surface area (Å²) in [4.78, 5) is 19.8. The van der Waals surface area contributed by atoms with Gasteiger partial charge in [-0.1, -0.05) is 17.7 Å². The fourth-order valence-electron chi connectivity index (χ4n) is 4.08. The molecule has 3 heterocycles. The molecule has 1 amide bonds. The largest absolute Gasteiger partial charge is 0.336 e. The summed E-state index contributed by atoms with van der Waals surface area (Å²) in [7, 11) is -3.73. The number of hydrogen-bond acceptors (Lipinski definition) is 7. The molecule has 32 heavy (non-hydrogen) atoms. The molecule has 0 saturated carbocycles. The van der Waals surface area contributed by atoms with Gasteiger partial charge in [0.25, 0.3) is 5.91 Å². The van der Waals surface area contributed by atoms with Crippen LogP contribution in [0.1, 0.15) is 21.6 Å². The molecule has 1 aliphatic heterocycles. The molecule has 0 radical (unpaired) electrons. The van der Waals surface area contributed by atoms with Gasteiger partial charge in [0, 0.05) is 37.3 Å². The van der Waals surface area contributed by atoms with Gasteiger partial charge in [0.2, 0.25) is 10.0 Å². The zero-order valence-electron chi connectivity index (χ0n) is 17.6. The highest BCUT2D eigenvalue weighted by molar-refractivity contribution is 7.89. The molecule has 10 heteroatoms. The topological polar surface area (TPSA) is 96.4 Å². The number of amides is 1. The first-order valence-corrected chi connectivity index (χ1v) is 12.4. The van der Waals surface area contributed by atoms with Crippen molar-refractivity contribution in [2.24, 2.45) is 0 Å². The minimum absolute atomic E-state index is 0.103. The monoisotopic (exact) mass is 467 g/mol. The Morgan fingerprint density at radius 2 is 1.75 bits per heavy atom. The van der Waals surface area contributed by atoms with Gasteiger partial charge in [-0.2, -0.15) is 13.1 Å². The lowest BCUT2D eigenvalue weighted by molar-refractivity contribution is 0.0699. The van der Waals surface area contributed by atoms with Gasteiger partial charge in [-0.3, -0.25) is 9.78 Å². The van der Waals surface area contributed by atoms with Crippen LogP contribution in [0.25, 0.3) is 21.9 Å². The molecule has 0 unspecified atom stereocenters. The Labute approximate surface area is 189 Å². The number of sulfonamides is 1. The van der Waals surface area contributed by atoms with Gasteiger partial charge in [0.1, 0.15) is 15.9 Å². The van der Waals surface area contributed by atoms with E-state index in [1.54, 1.807) is 23.1 Å². The van der Waals surface area contributed by atoms with Crippen molar-refractivity contribution in [1.29, 1.82) is 0 Å². The van der Waals surface area contributed by atoms with Gasteiger partial charge in [-0.15, -0.1) is 0 Å². The first kappa shape index (κ1) is 20.9. The second-order valence-electron chi connectivity index (χ2n) is 7.92. The SMILES string of the molecule is Cc1ccc2nc(C)cc(C(=O)N3CCN(S(=O)(=O)c4cccc5nsnc45)CC3)c2c1. The average molecular weight is 468 g/mol. The molecule has 1 saturated heterocycles. The fraction of sp³-hybridized carbons (Fsp3) is 0.273. The third-order valence-corrected chi connectivity index (χ3v) is 8.19. The molecule has 8 nitrogen and oxygen atoms in total. The number of piperazine rings is 1. The van der Waals surface area contributed by atoms with E-state index in [4.69, 9.17) is 0 Å². The lowest BCUT2D eigenvalue weighted by atomic mass is 10.0. The van der Waals surface area contributed by atoms with E-state index in [0.717, 1.165) is 33.9 Å². The van der Waals surface area contributed by atoms with E-state index in [2.05, 4.69) is 13.7 Å². The summed E-state index contributed by atoms with van der Waals surface area (Å²) < 4.78 is 36.2. The van der Waals surface area contributed by atoms with Gasteiger partial charge in [0.05, 0.1) is 22.8 Å². The van der Waals surface area contributed by atoms with E-state index >= 15 is 0 Å². The molecule has 2 aromatic carbocycles. The maximum atomic E-state index is 13.4. The second-order valence-corrected chi connectivity index (χ2v) is 10.4. The van der Waals surface area contributed by atoms with Gasteiger partial charge in [-0.05, 0) is 44.2 Å². The van der Waals surface area contributed by atoms with Crippen LogP contribution in [0.4, 0.5) is 0 Å². The average Bonchev–Trinajstić information content (AvgIpc) is 3.27. The number of aromatic nitrogens is 3. The third kappa shape index (κ3) is 3.54. The minimum Gasteiger partial charge on any atom is -0.336 e. The predicted molar refractivity (Wildman–Crippen MR) is 123 cm³/mol. The zero-order chi connectivity index (χ0) is 22.5. The summed E-state index contributed by atoms with van der Waals surface area (Å²) in [6, 6.07) is 12.7. The maximum Gasteiger partial charge on any atom is 0.254 e. The standard InChI is InChI=1S/C22H21N5O3S2/c1-14-6-7-18-16(12-14)17(13-15(2)23-18)22(28)26-8-10-27(11-9-26)32(29,30)20-5-3-4-19-21(20)25-31-24-19/h3-7,12-13H,8-11H2,1-2H3. The van der Waals surface area contributed by atoms with E-state index < -0.39 is 10.0 Å². The number of aryl methyl sites for hydroxylation is 2. The van der Waals surface area contributed by atoms with E-state index in [0.29, 0.717) is 29.7 Å². The lowest BCUT2D eigenvalue weighted by Gasteiger charge is -2.34. The summed E-state index contributed by atoms with van der Waals surface area (Å²) in [5.41, 5.74) is 4.18. The maximum absolute atomic E-state index is 13.4. The first-order valence-electron chi connectivity index (χ1n) is 10.2. The smallest absolute Gasteiger partial charge is 0.254 e. The molecule has 1 fully saturated rings. The predicted octanol–water partition coefficient (Wildman–Crippen LogP) is 3.00. The van der Waals surface area contributed by atoms with Gasteiger partial charge in [0.15, 0.2) is 0 Å². The van der Waals surface area contributed by atoms with Crippen LogP contribution in [-0.2, 0) is 10.0 Å². The molecule has 0 N–H and O–H groups in total. The molecule has 4 aromatic rings. The molecule has 0 spiro atoms. The van der Waals surface area contributed by atoms with Crippen molar-refractivity contribution in [2.45, 2.75) is 18.7 Å². The van der Waals surface area contributed by atoms with Crippen molar-refractivity contribution in [1.82, 2.24) is 22.9 Å². The van der Waals surface area contributed by atoms with Crippen molar-refractivity contribution >= 4 is 49.6 Å². The highest BCUT2D eigenvalue weighted by Gasteiger charge is 2.32. The number of carbonyl (C=O) groups excluding carboxylic acids is 1. The highest BCUT2D eigenvalue weighted by atomic mass is 32.2. The number of rotatable bonds is 3. The molecule has 0 aliphatic carbocycles. The summed E-state index contributed by atoms with van der Waals surface area (Å²) in [6.45, 7) is 4.94. The second kappa shape index (κ2) is 7.88. The van der Waals surface area contributed by atoms with E-state index in [1.165, 1.54) is 4.31 Å². The summed E-state index contributed by atoms with van der Waals surface area (Å²) in [6.07, 6.45) is 0. The quantitative estimate of drug-likeness (QED) is 0.460. The van der Waals surface area contributed by atoms with E-state index in [1.807, 2.05) is 38.1 Å². The molecule has 0 atom stereocenters. The number of fused-ring (bicyclic) bond motifs is 2. The van der Waals surface area contributed by atoms with Crippen LogP contribution in [0.5, 0.6) is 0 Å². The van der Waals surface area contributed by atoms with E-state index in [9.17, 15) is 13.2 Å². The van der Waals surface area contributed by atoms with Gasteiger partial charge >= 0.3 is 0 Å². The Hall–Kier alpha value is -2.95. The van der Waals surface area contributed by atoms with Gasteiger partial charge < -0.3 is 4.90 Å². The Balaban J connectivity index is 1.39. The number of carbonyl (C=O) groups is 1. The Bertz CT molecular complexity index is 1460. The Morgan fingerprint density at radius 1 is 0.969 bits per heavy atom. The molecule has 1 aliphatic rings. The van der Waals surface area contributed by atoms with Crippen LogP contribution in [-0.4, -0.2) is 63.4 Å². The van der Waals surface area contributed by atoms with Crippen molar-refractivity contribution in [3.63, 3.8) is 0 Å². The van der Waals surface area contributed by atoms with Crippen LogP contribution in [0, 0.1) is 13.8 Å². The molecule has 0 bridgehead atoms. The normalized spacial score (nSPS) is 15.5. The van der Waals surface area contributed by atoms with Crippen LogP contribution in [0.3, 0.4) is 0 Å². The van der Waals surface area contributed by atoms with Crippen LogP contribution < -0.4 is 0 Å². The van der Waals surface area contributed by atoms with Crippen LogP contribution >= 0.6 is 11.7 Å². The summed E-state index contributed by atoms with van der Waals surface area (Å²) in [5, 5.41) is 0.818. The fourth-order valence-corrected chi connectivity index (χ4v) is 6.25. The number of pyridine rings is 1. The lowest BCUT2D eigenvalue weighted by Crippen LogP contribution is -2.50. The number of benzene rings is 2. The summed E-state index contributed by atoms with van der Waals surface area (Å²) in [5.74, 6) is -0.103. The van der Waals surface area contributed by atoms with Crippen molar-refractivity contribution in [3.05, 3.63) is 59.3 Å². The molecular formula is C22H21N5O3S2. The van der Waals surface area contributed by atoms with Crippen molar-refractivity contribution < 1.29 is 13.2 Å². The minimum atomic E-state index is -3.73. The van der Waals surface area contributed by atoms with Crippen molar-refractivity contribution in [3.8, 4) is 0 Å². The molecular weight excluding hydrogens is 446 g/mol. The third-order valence-electron chi connectivity index (χ3n) is 5.72. The van der Waals surface area contributed by atoms with Crippen LogP contribution in [0.2, 0.25) is 0 Å². The Morgan fingerprint density at radius 3 is 2.53 bits per heavy atom. The molecule has 2 aromatic heterocycles. The zero-order valence-corrected chi connectivity index (χ0v) is 19.3. The number of hydrogen-bond donors (Lipinski definition) is 0. The molecule has 5 rings (SSSR count). The first-order chi connectivity index (χ1) is 15.3.